The highest BCUT2D eigenvalue weighted by Crippen LogP contribution is 2.32. The quantitative estimate of drug-likeness (QED) is 0.856. The molecular formula is C15H14O4. The maximum atomic E-state index is 12.5. The van der Waals surface area contributed by atoms with E-state index in [1.807, 2.05) is 0 Å². The molecule has 0 aliphatic carbocycles. The topological polar surface area (TPSA) is 55.8 Å². The molecule has 2 aromatic carbocycles. The van der Waals surface area contributed by atoms with Gasteiger partial charge < -0.3 is 14.6 Å². The van der Waals surface area contributed by atoms with Crippen LogP contribution >= 0.6 is 0 Å². The minimum Gasteiger partial charge on any atom is -0.507 e. The van der Waals surface area contributed by atoms with Crippen LogP contribution in [0, 0.1) is 0 Å². The number of ketones is 1. The maximum Gasteiger partial charge on any atom is 0.204 e. The zero-order chi connectivity index (χ0) is 13.8. The lowest BCUT2D eigenvalue weighted by molar-refractivity contribution is 0.103. The first-order valence-corrected chi connectivity index (χ1v) is 5.72. The van der Waals surface area contributed by atoms with Gasteiger partial charge in [0.05, 0.1) is 19.8 Å². The molecule has 0 saturated carbocycles. The second-order valence-corrected chi connectivity index (χ2v) is 3.88. The summed E-state index contributed by atoms with van der Waals surface area (Å²) in [6.45, 7) is 0. The van der Waals surface area contributed by atoms with Crippen LogP contribution in [-0.4, -0.2) is 25.1 Å². The first kappa shape index (κ1) is 13.0. The van der Waals surface area contributed by atoms with Gasteiger partial charge in [-0.15, -0.1) is 0 Å². The molecule has 98 valence electrons. The number of para-hydroxylation sites is 1. The monoisotopic (exact) mass is 258 g/mol. The van der Waals surface area contributed by atoms with Crippen molar-refractivity contribution in [1.29, 1.82) is 0 Å². The molecule has 0 atom stereocenters. The van der Waals surface area contributed by atoms with Crippen molar-refractivity contribution < 1.29 is 19.4 Å². The van der Waals surface area contributed by atoms with Gasteiger partial charge in [-0.3, -0.25) is 4.79 Å². The van der Waals surface area contributed by atoms with Gasteiger partial charge in [-0.05, 0) is 24.3 Å². The third-order valence-electron chi connectivity index (χ3n) is 2.80. The Kier molecular flexibility index (Phi) is 3.71. The van der Waals surface area contributed by atoms with E-state index in [2.05, 4.69) is 0 Å². The van der Waals surface area contributed by atoms with E-state index in [-0.39, 0.29) is 17.1 Å². The van der Waals surface area contributed by atoms with Crippen molar-refractivity contribution in [3.05, 3.63) is 53.6 Å². The molecule has 0 fully saturated rings. The summed E-state index contributed by atoms with van der Waals surface area (Å²) in [5.41, 5.74) is 0.513. The summed E-state index contributed by atoms with van der Waals surface area (Å²) in [5, 5.41) is 9.88. The number of carbonyl (C=O) groups is 1. The maximum absolute atomic E-state index is 12.5. The van der Waals surface area contributed by atoms with Crippen LogP contribution in [0.15, 0.2) is 42.5 Å². The fourth-order valence-electron chi connectivity index (χ4n) is 1.88. The second kappa shape index (κ2) is 5.44. The molecular weight excluding hydrogens is 244 g/mol. The Bertz CT molecular complexity index is 605. The molecule has 0 saturated heterocycles. The average molecular weight is 258 g/mol. The van der Waals surface area contributed by atoms with Crippen molar-refractivity contribution in [3.8, 4) is 17.2 Å². The first-order chi connectivity index (χ1) is 9.19. The van der Waals surface area contributed by atoms with Crippen LogP contribution in [0.3, 0.4) is 0 Å². The molecule has 0 aliphatic heterocycles. The lowest BCUT2D eigenvalue weighted by atomic mass is 10.0. The van der Waals surface area contributed by atoms with E-state index < -0.39 is 0 Å². The number of benzene rings is 2. The molecule has 4 nitrogen and oxygen atoms in total. The van der Waals surface area contributed by atoms with Gasteiger partial charge >= 0.3 is 0 Å². The second-order valence-electron chi connectivity index (χ2n) is 3.88. The Morgan fingerprint density at radius 3 is 2.26 bits per heavy atom. The fraction of sp³-hybridized carbons (Fsp3) is 0.133. The van der Waals surface area contributed by atoms with Crippen molar-refractivity contribution in [2.24, 2.45) is 0 Å². The number of hydrogen-bond donors (Lipinski definition) is 1. The number of aromatic hydroxyl groups is 1. The molecule has 0 bridgehead atoms. The first-order valence-electron chi connectivity index (χ1n) is 5.72. The van der Waals surface area contributed by atoms with Gasteiger partial charge in [0.1, 0.15) is 22.8 Å². The van der Waals surface area contributed by atoms with Crippen LogP contribution in [0.1, 0.15) is 15.9 Å². The summed E-state index contributed by atoms with van der Waals surface area (Å²) in [4.78, 5) is 12.5. The zero-order valence-electron chi connectivity index (χ0n) is 10.7. The lowest BCUT2D eigenvalue weighted by Gasteiger charge is -2.11. The average Bonchev–Trinajstić information content (AvgIpc) is 2.46. The van der Waals surface area contributed by atoms with Gasteiger partial charge in [0.2, 0.25) is 5.78 Å². The van der Waals surface area contributed by atoms with Crippen molar-refractivity contribution in [1.82, 2.24) is 0 Å². The molecule has 0 aliphatic rings. The van der Waals surface area contributed by atoms with Crippen molar-refractivity contribution in [2.45, 2.75) is 0 Å². The highest BCUT2D eigenvalue weighted by molar-refractivity contribution is 6.13. The summed E-state index contributed by atoms with van der Waals surface area (Å²) < 4.78 is 10.3. The molecule has 19 heavy (non-hydrogen) atoms. The Balaban J connectivity index is 2.56. The van der Waals surface area contributed by atoms with E-state index in [9.17, 15) is 9.90 Å². The van der Waals surface area contributed by atoms with Gasteiger partial charge in [-0.1, -0.05) is 18.2 Å². The van der Waals surface area contributed by atoms with E-state index in [1.165, 1.54) is 20.3 Å². The number of phenolic OH excluding ortho intramolecular Hbond substituents is 1. The van der Waals surface area contributed by atoms with Crippen LogP contribution in [-0.2, 0) is 0 Å². The highest BCUT2D eigenvalue weighted by atomic mass is 16.5. The van der Waals surface area contributed by atoms with Crippen molar-refractivity contribution >= 4 is 5.78 Å². The summed E-state index contributed by atoms with van der Waals surface area (Å²) in [6.07, 6.45) is 0. The fourth-order valence-corrected chi connectivity index (χ4v) is 1.88. The SMILES string of the molecule is COc1ccccc1C(=O)c1c(O)cccc1OC. The molecule has 0 heterocycles. The third kappa shape index (κ3) is 2.38. The summed E-state index contributed by atoms with van der Waals surface area (Å²) in [6, 6.07) is 11.5. The Morgan fingerprint density at radius 2 is 1.58 bits per heavy atom. The van der Waals surface area contributed by atoms with Gasteiger partial charge in [-0.25, -0.2) is 0 Å². The normalized spacial score (nSPS) is 10.0. The van der Waals surface area contributed by atoms with Crippen LogP contribution in [0.25, 0.3) is 0 Å². The number of methoxy groups -OCH3 is 2. The molecule has 0 spiro atoms. The van der Waals surface area contributed by atoms with Gasteiger partial charge in [-0.2, -0.15) is 0 Å². The third-order valence-corrected chi connectivity index (χ3v) is 2.80. The largest absolute Gasteiger partial charge is 0.507 e. The molecule has 0 aromatic heterocycles. The number of phenols is 1. The van der Waals surface area contributed by atoms with Crippen LogP contribution < -0.4 is 9.47 Å². The number of ether oxygens (including phenoxy) is 2. The predicted octanol–water partition coefficient (Wildman–Crippen LogP) is 2.64. The van der Waals surface area contributed by atoms with Gasteiger partial charge in [0.15, 0.2) is 0 Å². The van der Waals surface area contributed by atoms with Crippen molar-refractivity contribution in [2.75, 3.05) is 14.2 Å². The van der Waals surface area contributed by atoms with Gasteiger partial charge in [0.25, 0.3) is 0 Å². The molecule has 2 rings (SSSR count). The minimum atomic E-state index is -0.340. The van der Waals surface area contributed by atoms with E-state index in [4.69, 9.17) is 9.47 Å². The molecule has 1 N–H and O–H groups in total. The van der Waals surface area contributed by atoms with E-state index >= 15 is 0 Å². The summed E-state index contributed by atoms with van der Waals surface area (Å²) in [5.74, 6) is 0.330. The van der Waals surface area contributed by atoms with Gasteiger partial charge in [0, 0.05) is 0 Å². The van der Waals surface area contributed by atoms with Crippen LogP contribution in [0.4, 0.5) is 0 Å². The van der Waals surface area contributed by atoms with E-state index in [0.717, 1.165) is 0 Å². The number of rotatable bonds is 4. The zero-order valence-corrected chi connectivity index (χ0v) is 10.7. The standard InChI is InChI=1S/C15H14O4/c1-18-12-8-4-3-6-10(12)15(17)14-11(16)7-5-9-13(14)19-2/h3-9,16H,1-2H3. The highest BCUT2D eigenvalue weighted by Gasteiger charge is 2.21. The Hall–Kier alpha value is -2.49. The lowest BCUT2D eigenvalue weighted by Crippen LogP contribution is -2.06. The summed E-state index contributed by atoms with van der Waals surface area (Å²) in [7, 11) is 2.95. The molecule has 4 heteroatoms. The predicted molar refractivity (Wildman–Crippen MR) is 71.1 cm³/mol. The minimum absolute atomic E-state index is 0.116. The molecule has 2 aromatic rings. The van der Waals surface area contributed by atoms with E-state index in [0.29, 0.717) is 17.1 Å². The number of carbonyl (C=O) groups excluding carboxylic acids is 1. The smallest absolute Gasteiger partial charge is 0.204 e. The Labute approximate surface area is 111 Å². The van der Waals surface area contributed by atoms with Crippen LogP contribution in [0.5, 0.6) is 17.2 Å². The van der Waals surface area contributed by atoms with Crippen molar-refractivity contribution in [3.63, 3.8) is 0 Å². The molecule has 0 radical (unpaired) electrons. The molecule has 0 unspecified atom stereocenters. The van der Waals surface area contributed by atoms with E-state index in [1.54, 1.807) is 36.4 Å². The Morgan fingerprint density at radius 1 is 0.947 bits per heavy atom. The summed E-state index contributed by atoms with van der Waals surface area (Å²) >= 11 is 0. The van der Waals surface area contributed by atoms with Crippen LogP contribution in [0.2, 0.25) is 0 Å². The number of hydrogen-bond acceptors (Lipinski definition) is 4. The molecule has 0 amide bonds.